The molecule has 0 unspecified atom stereocenters. The Bertz CT molecular complexity index is 479. The monoisotopic (exact) mass is 477 g/mol. The Morgan fingerprint density at radius 2 is 1.54 bits per heavy atom. The average molecular weight is 476 g/mol. The first-order valence-electron chi connectivity index (χ1n) is 9.70. The minimum absolute atomic E-state index is 0.265. The molecule has 0 saturated carbocycles. The summed E-state index contributed by atoms with van der Waals surface area (Å²) in [5, 5.41) is 2.55. The van der Waals surface area contributed by atoms with Crippen LogP contribution in [0.2, 0.25) is 31.4 Å². The van der Waals surface area contributed by atoms with Crippen LogP contribution in [0.5, 0.6) is 0 Å². The van der Waals surface area contributed by atoms with Gasteiger partial charge in [0, 0.05) is 0 Å². The van der Waals surface area contributed by atoms with E-state index in [1.165, 1.54) is 38.3 Å². The summed E-state index contributed by atoms with van der Waals surface area (Å²) < 4.78 is 12.3. The summed E-state index contributed by atoms with van der Waals surface area (Å²) in [6.45, 7) is 19.3. The van der Waals surface area contributed by atoms with Gasteiger partial charge >= 0.3 is 160 Å². The van der Waals surface area contributed by atoms with E-state index < -0.39 is 26.7 Å². The standard InChI is InChI=1S/C10H18NOSSi.3C3H7.Sn/c1-10(2,3)14(4,5)12-6-9-7-13-8-11-9;3*1-3-2;/h7H,6H2,1-5H3;3*1,3H2,2H3;. The Morgan fingerprint density at radius 1 is 1.04 bits per heavy atom. The van der Waals surface area contributed by atoms with Gasteiger partial charge in [0.05, 0.1) is 0 Å². The van der Waals surface area contributed by atoms with Crippen LogP contribution in [0.3, 0.4) is 0 Å². The second kappa shape index (κ2) is 9.52. The van der Waals surface area contributed by atoms with Crippen LogP contribution in [0, 0.1) is 0 Å². The van der Waals surface area contributed by atoms with Crippen LogP contribution in [0.15, 0.2) is 5.38 Å². The van der Waals surface area contributed by atoms with E-state index >= 15 is 0 Å². The summed E-state index contributed by atoms with van der Waals surface area (Å²) >= 11 is -0.312. The predicted octanol–water partition coefficient (Wildman–Crippen LogP) is 6.55. The van der Waals surface area contributed by atoms with E-state index in [4.69, 9.17) is 9.41 Å². The zero-order valence-corrected chi connectivity index (χ0v) is 22.0. The molecule has 1 rings (SSSR count). The maximum absolute atomic E-state index is 6.39. The summed E-state index contributed by atoms with van der Waals surface area (Å²) in [4.78, 5) is 5.13. The molecule has 0 fully saturated rings. The molecule has 0 saturated heterocycles. The van der Waals surface area contributed by atoms with Gasteiger partial charge in [0.15, 0.2) is 0 Å². The van der Waals surface area contributed by atoms with Gasteiger partial charge in [-0.05, 0) is 0 Å². The number of rotatable bonds is 10. The van der Waals surface area contributed by atoms with Gasteiger partial charge in [0.1, 0.15) is 0 Å². The SMILES string of the molecule is CC[CH2][Sn]([CH2]CC)([CH2]CC)[c]1nc(CO[Si](C)(C)C(C)(C)C)cs1. The van der Waals surface area contributed by atoms with Crippen molar-refractivity contribution in [3.05, 3.63) is 11.1 Å². The van der Waals surface area contributed by atoms with Crippen LogP contribution in [0.4, 0.5) is 0 Å². The second-order valence-corrected chi connectivity index (χ2v) is 28.4. The predicted molar refractivity (Wildman–Crippen MR) is 115 cm³/mol. The fourth-order valence-electron chi connectivity index (χ4n) is 3.22. The number of nitrogens with zero attached hydrogens (tertiary/aromatic N) is 1. The van der Waals surface area contributed by atoms with Crippen molar-refractivity contribution in [2.45, 2.75) is 98.9 Å². The summed E-state index contributed by atoms with van der Waals surface area (Å²) in [6.07, 6.45) is 3.97. The topological polar surface area (TPSA) is 22.1 Å². The van der Waals surface area contributed by atoms with Gasteiger partial charge in [-0.1, -0.05) is 0 Å². The van der Waals surface area contributed by atoms with Crippen molar-refractivity contribution in [2.24, 2.45) is 0 Å². The van der Waals surface area contributed by atoms with E-state index in [0.29, 0.717) is 6.61 Å². The molecule has 1 aromatic heterocycles. The summed E-state index contributed by atoms with van der Waals surface area (Å²) in [5.41, 5.74) is 1.18. The van der Waals surface area contributed by atoms with Gasteiger partial charge in [0.25, 0.3) is 0 Å². The summed E-state index contributed by atoms with van der Waals surface area (Å²) in [6, 6.07) is 0. The van der Waals surface area contributed by atoms with Crippen LogP contribution in [0.25, 0.3) is 0 Å². The van der Waals surface area contributed by atoms with Crippen molar-refractivity contribution >= 4 is 41.1 Å². The molecule has 1 aromatic rings. The van der Waals surface area contributed by atoms with E-state index in [9.17, 15) is 0 Å². The molecule has 0 aliphatic rings. The van der Waals surface area contributed by atoms with Crippen molar-refractivity contribution in [3.63, 3.8) is 0 Å². The molecular weight excluding hydrogens is 437 g/mol. The molecule has 5 heteroatoms. The number of hydrogen-bond acceptors (Lipinski definition) is 3. The zero-order chi connectivity index (χ0) is 18.4. The van der Waals surface area contributed by atoms with Crippen LogP contribution in [0.1, 0.15) is 66.5 Å². The summed E-state index contributed by atoms with van der Waals surface area (Å²) in [5.74, 6) is 0. The second-order valence-electron chi connectivity index (χ2n) is 8.72. The van der Waals surface area contributed by atoms with E-state index in [0.717, 1.165) is 0 Å². The van der Waals surface area contributed by atoms with Crippen LogP contribution < -0.4 is 3.02 Å². The molecule has 24 heavy (non-hydrogen) atoms. The van der Waals surface area contributed by atoms with Crippen molar-refractivity contribution in [2.75, 3.05) is 0 Å². The molecule has 1 heterocycles. The quantitative estimate of drug-likeness (QED) is 0.358. The first-order chi connectivity index (χ1) is 11.1. The first kappa shape index (κ1) is 22.6. The van der Waals surface area contributed by atoms with Gasteiger partial charge in [-0.3, -0.25) is 0 Å². The molecule has 2 nitrogen and oxygen atoms in total. The molecule has 0 spiro atoms. The molecule has 0 atom stereocenters. The van der Waals surface area contributed by atoms with E-state index in [1.807, 2.05) is 11.3 Å². The van der Waals surface area contributed by atoms with Gasteiger partial charge in [-0.25, -0.2) is 0 Å². The number of aromatic nitrogens is 1. The first-order valence-corrected chi connectivity index (χ1v) is 21.0. The van der Waals surface area contributed by atoms with Gasteiger partial charge < -0.3 is 0 Å². The van der Waals surface area contributed by atoms with Gasteiger partial charge in [-0.2, -0.15) is 0 Å². The molecular formula is C19H39NOSSiSn. The molecule has 0 N–H and O–H groups in total. The van der Waals surface area contributed by atoms with E-state index in [-0.39, 0.29) is 5.04 Å². The average Bonchev–Trinajstić information content (AvgIpc) is 2.94. The third-order valence-electron chi connectivity index (χ3n) is 5.58. The van der Waals surface area contributed by atoms with Crippen LogP contribution in [-0.2, 0) is 11.0 Å². The third kappa shape index (κ3) is 5.81. The molecule has 0 amide bonds. The Labute approximate surface area is 159 Å². The van der Waals surface area contributed by atoms with Crippen LogP contribution in [-0.4, -0.2) is 31.7 Å². The molecule has 0 aromatic carbocycles. The number of thiazole rings is 1. The Kier molecular flexibility index (Phi) is 8.98. The van der Waals surface area contributed by atoms with Crippen molar-refractivity contribution in [3.8, 4) is 0 Å². The molecule has 0 bridgehead atoms. The molecule has 0 aliphatic carbocycles. The molecule has 0 aliphatic heterocycles. The Balaban J connectivity index is 2.92. The molecule has 140 valence electrons. The Hall–Kier alpha value is 0.606. The summed E-state index contributed by atoms with van der Waals surface area (Å²) in [7, 11) is -1.69. The van der Waals surface area contributed by atoms with Crippen molar-refractivity contribution in [1.29, 1.82) is 0 Å². The number of hydrogen-bond donors (Lipinski definition) is 0. The fraction of sp³-hybridized carbons (Fsp3) is 0.842. The van der Waals surface area contributed by atoms with Crippen molar-refractivity contribution in [1.82, 2.24) is 4.98 Å². The fourth-order valence-corrected chi connectivity index (χ4v) is 22.9. The van der Waals surface area contributed by atoms with E-state index in [1.54, 1.807) is 3.02 Å². The normalized spacial score (nSPS) is 13.5. The van der Waals surface area contributed by atoms with Gasteiger partial charge in [0.2, 0.25) is 0 Å². The zero-order valence-electron chi connectivity index (χ0n) is 17.3. The van der Waals surface area contributed by atoms with Crippen molar-refractivity contribution < 1.29 is 4.43 Å². The van der Waals surface area contributed by atoms with Crippen LogP contribution >= 0.6 is 11.3 Å². The van der Waals surface area contributed by atoms with Gasteiger partial charge in [-0.15, -0.1) is 0 Å². The third-order valence-corrected chi connectivity index (χ3v) is 30.1. The van der Waals surface area contributed by atoms with E-state index in [2.05, 4.69) is 60.0 Å². The minimum atomic E-state index is -2.26. The Morgan fingerprint density at radius 3 is 1.96 bits per heavy atom. The maximum atomic E-state index is 6.39. The molecule has 0 radical (unpaired) electrons.